The van der Waals surface area contributed by atoms with Gasteiger partial charge in [0.2, 0.25) is 0 Å². The molecule has 1 heterocycles. The van der Waals surface area contributed by atoms with Crippen molar-refractivity contribution >= 4 is 51.2 Å². The van der Waals surface area contributed by atoms with Crippen molar-refractivity contribution in [2.45, 2.75) is 13.8 Å². The molecule has 3 aromatic rings. The lowest BCUT2D eigenvalue weighted by atomic mass is 10.1. The molecule has 0 aliphatic rings. The van der Waals surface area contributed by atoms with Gasteiger partial charge in [-0.3, -0.25) is 4.79 Å². The van der Waals surface area contributed by atoms with Gasteiger partial charge in [-0.15, -0.1) is 0 Å². The van der Waals surface area contributed by atoms with E-state index >= 15 is 0 Å². The molecule has 0 aliphatic carbocycles. The van der Waals surface area contributed by atoms with Gasteiger partial charge in [-0.1, -0.05) is 30.3 Å². The van der Waals surface area contributed by atoms with Crippen LogP contribution in [0.3, 0.4) is 0 Å². The number of fused-ring (bicyclic) bond motifs is 1. The number of carbonyl (C=O) groups is 3. The fourth-order valence-corrected chi connectivity index (χ4v) is 3.39. The Morgan fingerprint density at radius 3 is 2.59 bits per heavy atom. The molecular formula is C22H17BrO6. The van der Waals surface area contributed by atoms with Crippen LogP contribution in [0.5, 0.6) is 5.75 Å². The lowest BCUT2D eigenvalue weighted by Crippen LogP contribution is -2.08. The predicted molar refractivity (Wildman–Crippen MR) is 111 cm³/mol. The lowest BCUT2D eigenvalue weighted by Gasteiger charge is -2.08. The van der Waals surface area contributed by atoms with Crippen molar-refractivity contribution in [3.05, 3.63) is 69.4 Å². The maximum Gasteiger partial charge on any atom is 0.342 e. The summed E-state index contributed by atoms with van der Waals surface area (Å²) in [4.78, 5) is 36.0. The average Bonchev–Trinajstić information content (AvgIpc) is 3.12. The molecule has 0 bridgehead atoms. The van der Waals surface area contributed by atoms with E-state index in [1.54, 1.807) is 26.0 Å². The topological polar surface area (TPSA) is 82.8 Å². The van der Waals surface area contributed by atoms with Crippen molar-refractivity contribution in [3.8, 4) is 5.75 Å². The van der Waals surface area contributed by atoms with Crippen molar-refractivity contribution in [1.82, 2.24) is 0 Å². The largest absolute Gasteiger partial charge is 0.462 e. The summed E-state index contributed by atoms with van der Waals surface area (Å²) < 4.78 is 16.3. The molecule has 148 valence electrons. The molecule has 0 spiro atoms. The minimum absolute atomic E-state index is 0.00967. The van der Waals surface area contributed by atoms with E-state index in [9.17, 15) is 14.4 Å². The van der Waals surface area contributed by atoms with E-state index in [0.717, 1.165) is 5.56 Å². The molecule has 3 rings (SSSR count). The van der Waals surface area contributed by atoms with Gasteiger partial charge in [0.05, 0.1) is 16.5 Å². The smallest absolute Gasteiger partial charge is 0.342 e. The molecule has 1 aromatic heterocycles. The minimum atomic E-state index is -0.694. The molecule has 0 unspecified atom stereocenters. The molecule has 6 nitrogen and oxygen atoms in total. The Balaban J connectivity index is 2.01. The number of carbonyl (C=O) groups excluding carboxylic acids is 3. The summed E-state index contributed by atoms with van der Waals surface area (Å²) in [5.41, 5.74) is 1.77. The van der Waals surface area contributed by atoms with E-state index < -0.39 is 11.9 Å². The SMILES string of the molecule is CCOC(=O)c1c(C=O)oc2c(C)cc(OC(=O)C=Cc3ccccc3)c(Br)c12. The fraction of sp³-hybridized carbons (Fsp3) is 0.136. The first-order chi connectivity index (χ1) is 14.0. The molecule has 7 heteroatoms. The van der Waals surface area contributed by atoms with Crippen LogP contribution in [-0.2, 0) is 9.53 Å². The van der Waals surface area contributed by atoms with Crippen molar-refractivity contribution in [2.75, 3.05) is 6.61 Å². The highest BCUT2D eigenvalue weighted by Crippen LogP contribution is 2.40. The number of rotatable bonds is 6. The third-order valence-electron chi connectivity index (χ3n) is 4.09. The number of esters is 2. The van der Waals surface area contributed by atoms with Crippen molar-refractivity contribution in [1.29, 1.82) is 0 Å². The summed E-state index contributed by atoms with van der Waals surface area (Å²) in [7, 11) is 0. The summed E-state index contributed by atoms with van der Waals surface area (Å²) in [6, 6.07) is 10.9. The van der Waals surface area contributed by atoms with E-state index in [2.05, 4.69) is 15.9 Å². The van der Waals surface area contributed by atoms with Crippen molar-refractivity contribution < 1.29 is 28.3 Å². The summed E-state index contributed by atoms with van der Waals surface area (Å²) in [6.07, 6.45) is 3.39. The molecule has 0 aliphatic heterocycles. The number of aryl methyl sites for hydroxylation is 1. The monoisotopic (exact) mass is 456 g/mol. The molecule has 2 aromatic carbocycles. The van der Waals surface area contributed by atoms with Gasteiger partial charge >= 0.3 is 11.9 Å². The van der Waals surface area contributed by atoms with Crippen LogP contribution in [0, 0.1) is 6.92 Å². The van der Waals surface area contributed by atoms with Gasteiger partial charge in [0.1, 0.15) is 16.9 Å². The van der Waals surface area contributed by atoms with E-state index in [0.29, 0.717) is 27.3 Å². The standard InChI is InChI=1S/C22H17BrO6/c1-3-27-22(26)18-16(12-24)29-21-13(2)11-15(20(23)19(18)21)28-17(25)10-9-14-7-5-4-6-8-14/h4-12H,3H2,1-2H3. The van der Waals surface area contributed by atoms with Crippen LogP contribution in [0.1, 0.15) is 39.0 Å². The Bertz CT molecular complexity index is 1110. The van der Waals surface area contributed by atoms with Gasteiger partial charge in [0, 0.05) is 6.08 Å². The number of aldehydes is 1. The van der Waals surface area contributed by atoms with Crippen LogP contribution in [0.25, 0.3) is 17.0 Å². The van der Waals surface area contributed by atoms with Crippen LogP contribution in [0.2, 0.25) is 0 Å². The van der Waals surface area contributed by atoms with Gasteiger partial charge in [0.25, 0.3) is 0 Å². The van der Waals surface area contributed by atoms with Gasteiger partial charge in [-0.05, 0) is 53.0 Å². The summed E-state index contributed by atoms with van der Waals surface area (Å²) in [5.74, 6) is -1.23. The second kappa shape index (κ2) is 8.87. The molecule has 0 fully saturated rings. The maximum absolute atomic E-state index is 12.4. The second-order valence-corrected chi connectivity index (χ2v) is 6.85. The van der Waals surface area contributed by atoms with Crippen LogP contribution < -0.4 is 4.74 Å². The number of hydrogen-bond acceptors (Lipinski definition) is 6. The zero-order valence-corrected chi connectivity index (χ0v) is 17.3. The first kappa shape index (κ1) is 20.5. The Hall–Kier alpha value is -3.19. The first-order valence-electron chi connectivity index (χ1n) is 8.79. The molecule has 0 atom stereocenters. The van der Waals surface area contributed by atoms with Crippen LogP contribution in [-0.4, -0.2) is 24.8 Å². The van der Waals surface area contributed by atoms with E-state index in [1.807, 2.05) is 30.3 Å². The van der Waals surface area contributed by atoms with Crippen LogP contribution in [0.4, 0.5) is 0 Å². The Morgan fingerprint density at radius 2 is 1.93 bits per heavy atom. The van der Waals surface area contributed by atoms with Gasteiger partial charge in [-0.2, -0.15) is 0 Å². The fourth-order valence-electron chi connectivity index (χ4n) is 2.82. The maximum atomic E-state index is 12.4. The highest BCUT2D eigenvalue weighted by molar-refractivity contribution is 9.10. The second-order valence-electron chi connectivity index (χ2n) is 6.05. The molecular weight excluding hydrogens is 440 g/mol. The number of hydrogen-bond donors (Lipinski definition) is 0. The summed E-state index contributed by atoms with van der Waals surface area (Å²) in [6.45, 7) is 3.52. The first-order valence-corrected chi connectivity index (χ1v) is 9.58. The Labute approximate surface area is 175 Å². The van der Waals surface area contributed by atoms with Crippen molar-refractivity contribution in [2.24, 2.45) is 0 Å². The zero-order valence-electron chi connectivity index (χ0n) is 15.7. The van der Waals surface area contributed by atoms with Gasteiger partial charge in [-0.25, -0.2) is 9.59 Å². The molecule has 0 N–H and O–H groups in total. The zero-order chi connectivity index (χ0) is 21.0. The number of halogens is 1. The number of furan rings is 1. The predicted octanol–water partition coefficient (Wildman–Crippen LogP) is 5.11. The van der Waals surface area contributed by atoms with Gasteiger partial charge in [0.15, 0.2) is 12.0 Å². The number of ether oxygens (including phenoxy) is 2. The van der Waals surface area contributed by atoms with Crippen LogP contribution >= 0.6 is 15.9 Å². The minimum Gasteiger partial charge on any atom is -0.462 e. The van der Waals surface area contributed by atoms with E-state index in [1.165, 1.54) is 6.08 Å². The normalized spacial score (nSPS) is 11.0. The van der Waals surface area contributed by atoms with E-state index in [-0.39, 0.29) is 23.7 Å². The molecule has 29 heavy (non-hydrogen) atoms. The Kier molecular flexibility index (Phi) is 6.29. The molecule has 0 saturated carbocycles. The third-order valence-corrected chi connectivity index (χ3v) is 4.87. The molecule has 0 radical (unpaired) electrons. The third kappa shape index (κ3) is 4.30. The van der Waals surface area contributed by atoms with Crippen LogP contribution in [0.15, 0.2) is 51.4 Å². The van der Waals surface area contributed by atoms with Gasteiger partial charge < -0.3 is 13.9 Å². The highest BCUT2D eigenvalue weighted by Gasteiger charge is 2.27. The summed E-state index contributed by atoms with van der Waals surface area (Å²) >= 11 is 3.37. The average molecular weight is 457 g/mol. The van der Waals surface area contributed by atoms with Crippen molar-refractivity contribution in [3.63, 3.8) is 0 Å². The molecule has 0 saturated heterocycles. The van der Waals surface area contributed by atoms with E-state index in [4.69, 9.17) is 13.9 Å². The quantitative estimate of drug-likeness (QED) is 0.221. The molecule has 0 amide bonds. The summed E-state index contributed by atoms with van der Waals surface area (Å²) in [5, 5.41) is 0.320. The number of benzene rings is 2. The highest BCUT2D eigenvalue weighted by atomic mass is 79.9. The lowest BCUT2D eigenvalue weighted by molar-refractivity contribution is -0.128. The Morgan fingerprint density at radius 1 is 1.21 bits per heavy atom.